The van der Waals surface area contributed by atoms with Crippen LogP contribution in [0.4, 0.5) is 10.8 Å². The number of nitrogen functional groups attached to an aromatic ring is 1. The topological polar surface area (TPSA) is 114 Å². The second-order valence-electron chi connectivity index (χ2n) is 3.83. The molecule has 0 radical (unpaired) electrons. The Morgan fingerprint density at radius 2 is 2.11 bits per heavy atom. The monoisotopic (exact) mass is 306 g/mol. The van der Waals surface area contributed by atoms with Gasteiger partial charge in [-0.15, -0.1) is 0 Å². The summed E-state index contributed by atoms with van der Waals surface area (Å²) in [5.74, 6) is -0.288. The van der Waals surface area contributed by atoms with Crippen LogP contribution >= 0.6 is 11.5 Å². The molecule has 0 aromatic carbocycles. The fraction of sp³-hybridized carbons (Fsp3) is 0.600. The highest BCUT2D eigenvalue weighted by Crippen LogP contribution is 2.31. The lowest BCUT2D eigenvalue weighted by molar-refractivity contribution is -0.119. The van der Waals surface area contributed by atoms with E-state index < -0.39 is 9.84 Å². The Kier molecular flexibility index (Phi) is 5.55. The second kappa shape index (κ2) is 6.71. The molecule has 19 heavy (non-hydrogen) atoms. The Hall–Kier alpha value is -1.35. The van der Waals surface area contributed by atoms with E-state index in [-0.39, 0.29) is 28.9 Å². The van der Waals surface area contributed by atoms with Gasteiger partial charge in [0.15, 0.2) is 15.7 Å². The van der Waals surface area contributed by atoms with Gasteiger partial charge in [0.1, 0.15) is 9.90 Å². The van der Waals surface area contributed by atoms with Crippen LogP contribution in [0.5, 0.6) is 0 Å². The molecule has 0 aliphatic heterocycles. The first-order chi connectivity index (χ1) is 8.92. The van der Waals surface area contributed by atoms with Gasteiger partial charge in [0, 0.05) is 6.54 Å². The highest BCUT2D eigenvalue weighted by atomic mass is 32.2. The number of nitrogens with two attached hydrogens (primary N) is 1. The highest BCUT2D eigenvalue weighted by molar-refractivity contribution is 7.91. The van der Waals surface area contributed by atoms with Gasteiger partial charge in [-0.05, 0) is 18.0 Å². The van der Waals surface area contributed by atoms with Gasteiger partial charge in [0.05, 0.1) is 12.3 Å². The fourth-order valence-electron chi connectivity index (χ4n) is 1.34. The fourth-order valence-corrected chi connectivity index (χ4v) is 3.50. The molecule has 1 aromatic rings. The number of rotatable bonds is 7. The quantitative estimate of drug-likeness (QED) is 0.674. The number of sulfone groups is 1. The van der Waals surface area contributed by atoms with Crippen LogP contribution < -0.4 is 16.4 Å². The molecular formula is C10H18N4O3S2. The van der Waals surface area contributed by atoms with Crippen molar-refractivity contribution < 1.29 is 13.2 Å². The van der Waals surface area contributed by atoms with Gasteiger partial charge in [-0.2, -0.15) is 4.37 Å². The number of hydrogen-bond acceptors (Lipinski definition) is 7. The minimum absolute atomic E-state index is 0.00608. The van der Waals surface area contributed by atoms with Crippen LogP contribution in [-0.4, -0.2) is 37.5 Å². The van der Waals surface area contributed by atoms with Crippen molar-refractivity contribution in [3.05, 3.63) is 0 Å². The van der Waals surface area contributed by atoms with Crippen LogP contribution in [0.3, 0.4) is 0 Å². The number of anilines is 2. The summed E-state index contributed by atoms with van der Waals surface area (Å²) in [6, 6.07) is 0. The predicted octanol–water partition coefficient (Wildman–Crippen LogP) is 0.457. The summed E-state index contributed by atoms with van der Waals surface area (Å²) >= 11 is 0.939. The van der Waals surface area contributed by atoms with E-state index in [4.69, 9.17) is 5.73 Å². The van der Waals surface area contributed by atoms with Gasteiger partial charge in [-0.25, -0.2) is 8.42 Å². The zero-order valence-electron chi connectivity index (χ0n) is 10.9. The molecule has 4 N–H and O–H groups in total. The maximum absolute atomic E-state index is 11.9. The predicted molar refractivity (Wildman–Crippen MR) is 76.0 cm³/mol. The Morgan fingerprint density at radius 1 is 1.42 bits per heavy atom. The number of amides is 1. The van der Waals surface area contributed by atoms with Gasteiger partial charge in [-0.3, -0.25) is 4.79 Å². The average molecular weight is 306 g/mol. The van der Waals surface area contributed by atoms with Crippen molar-refractivity contribution in [1.82, 2.24) is 9.69 Å². The Labute approximate surface area is 116 Å². The summed E-state index contributed by atoms with van der Waals surface area (Å²) in [5.41, 5.74) is 5.57. The van der Waals surface area contributed by atoms with E-state index in [0.29, 0.717) is 11.5 Å². The zero-order chi connectivity index (χ0) is 14.5. The summed E-state index contributed by atoms with van der Waals surface area (Å²) in [5, 5.41) is 5.76. The van der Waals surface area contributed by atoms with E-state index in [9.17, 15) is 13.2 Å². The van der Waals surface area contributed by atoms with E-state index in [1.807, 2.05) is 6.92 Å². The van der Waals surface area contributed by atoms with Crippen LogP contribution in [0.25, 0.3) is 0 Å². The van der Waals surface area contributed by atoms with E-state index in [0.717, 1.165) is 18.0 Å². The van der Waals surface area contributed by atoms with Crippen LogP contribution in [0.1, 0.15) is 20.3 Å². The largest absolute Gasteiger partial charge is 0.382 e. The lowest BCUT2D eigenvalue weighted by Gasteiger charge is -2.07. The third-order valence-corrected chi connectivity index (χ3v) is 5.09. The molecule has 1 amide bonds. The molecule has 1 aromatic heterocycles. The van der Waals surface area contributed by atoms with E-state index in [1.54, 1.807) is 0 Å². The van der Waals surface area contributed by atoms with Crippen LogP contribution in [0.2, 0.25) is 0 Å². The first-order valence-corrected chi connectivity index (χ1v) is 8.33. The molecule has 0 saturated carbocycles. The van der Waals surface area contributed by atoms with Crippen LogP contribution in [-0.2, 0) is 14.6 Å². The molecule has 0 unspecified atom stereocenters. The first kappa shape index (κ1) is 15.7. The highest BCUT2D eigenvalue weighted by Gasteiger charge is 2.24. The van der Waals surface area contributed by atoms with Gasteiger partial charge in [-0.1, -0.05) is 13.8 Å². The first-order valence-electron chi connectivity index (χ1n) is 5.90. The van der Waals surface area contributed by atoms with Crippen molar-refractivity contribution in [2.75, 3.05) is 29.9 Å². The van der Waals surface area contributed by atoms with Gasteiger partial charge >= 0.3 is 0 Å². The van der Waals surface area contributed by atoms with Crippen molar-refractivity contribution >= 4 is 38.1 Å². The second-order valence-corrected chi connectivity index (χ2v) is 6.82. The SMILES string of the molecule is CCCNC(=O)CNc1snc(N)c1S(=O)(=O)CC. The lowest BCUT2D eigenvalue weighted by atomic mass is 10.4. The number of nitrogens with zero attached hydrogens (tertiary/aromatic N) is 1. The molecule has 0 aliphatic carbocycles. The Bertz CT molecular complexity index is 539. The molecule has 0 bridgehead atoms. The molecule has 0 spiro atoms. The molecule has 0 fully saturated rings. The van der Waals surface area contributed by atoms with Crippen molar-refractivity contribution in [3.8, 4) is 0 Å². The number of hydrogen-bond donors (Lipinski definition) is 3. The summed E-state index contributed by atoms with van der Waals surface area (Å²) in [7, 11) is -3.45. The summed E-state index contributed by atoms with van der Waals surface area (Å²) in [6.45, 7) is 4.06. The van der Waals surface area contributed by atoms with Gasteiger partial charge < -0.3 is 16.4 Å². The third kappa shape index (κ3) is 4.06. The van der Waals surface area contributed by atoms with Crippen molar-refractivity contribution in [2.45, 2.75) is 25.2 Å². The average Bonchev–Trinajstić information content (AvgIpc) is 2.75. The van der Waals surface area contributed by atoms with Crippen LogP contribution in [0.15, 0.2) is 4.90 Å². The van der Waals surface area contributed by atoms with Crippen molar-refractivity contribution in [2.24, 2.45) is 0 Å². The number of nitrogens with one attached hydrogen (secondary N) is 2. The van der Waals surface area contributed by atoms with E-state index in [1.165, 1.54) is 6.92 Å². The van der Waals surface area contributed by atoms with Gasteiger partial charge in [0.2, 0.25) is 5.91 Å². The summed E-state index contributed by atoms with van der Waals surface area (Å²) in [6.07, 6.45) is 0.842. The molecule has 0 atom stereocenters. The molecule has 1 heterocycles. The number of aromatic nitrogens is 1. The lowest BCUT2D eigenvalue weighted by Crippen LogP contribution is -2.30. The Morgan fingerprint density at radius 3 is 2.68 bits per heavy atom. The molecule has 7 nitrogen and oxygen atoms in total. The third-order valence-electron chi connectivity index (χ3n) is 2.35. The molecule has 0 saturated heterocycles. The molecule has 0 aliphatic rings. The van der Waals surface area contributed by atoms with Crippen molar-refractivity contribution in [1.29, 1.82) is 0 Å². The van der Waals surface area contributed by atoms with Gasteiger partial charge in [0.25, 0.3) is 0 Å². The van der Waals surface area contributed by atoms with Crippen molar-refractivity contribution in [3.63, 3.8) is 0 Å². The molecule has 1 rings (SSSR count). The standard InChI is InChI=1S/C10H18N4O3S2/c1-3-5-12-7(15)6-13-10-8(9(11)14-18-10)19(16,17)4-2/h13H,3-6H2,1-2H3,(H2,11,14)(H,12,15). The smallest absolute Gasteiger partial charge is 0.239 e. The minimum Gasteiger partial charge on any atom is -0.382 e. The molecule has 108 valence electrons. The summed E-state index contributed by atoms with van der Waals surface area (Å²) < 4.78 is 27.6. The summed E-state index contributed by atoms with van der Waals surface area (Å²) in [4.78, 5) is 11.4. The van der Waals surface area contributed by atoms with Crippen LogP contribution in [0, 0.1) is 0 Å². The normalized spacial score (nSPS) is 11.3. The maximum atomic E-state index is 11.9. The zero-order valence-corrected chi connectivity index (χ0v) is 12.5. The Balaban J connectivity index is 2.78. The van der Waals surface area contributed by atoms with E-state index in [2.05, 4.69) is 15.0 Å². The molecule has 9 heteroatoms. The number of carbonyl (C=O) groups excluding carboxylic acids is 1. The molecular weight excluding hydrogens is 288 g/mol. The minimum atomic E-state index is -3.45. The maximum Gasteiger partial charge on any atom is 0.239 e. The number of carbonyl (C=O) groups is 1. The van der Waals surface area contributed by atoms with E-state index >= 15 is 0 Å².